The number of rotatable bonds is 6. The third-order valence-corrected chi connectivity index (χ3v) is 6.30. The normalized spacial score (nSPS) is 18.5. The Labute approximate surface area is 187 Å². The van der Waals surface area contributed by atoms with Gasteiger partial charge in [0.25, 0.3) is 0 Å². The zero-order valence-corrected chi connectivity index (χ0v) is 18.9. The van der Waals surface area contributed by atoms with Crippen LogP contribution < -0.4 is 19.9 Å². The van der Waals surface area contributed by atoms with Crippen LogP contribution in [0.15, 0.2) is 24.5 Å². The number of methoxy groups -OCH3 is 2. The van der Waals surface area contributed by atoms with Crippen molar-refractivity contribution in [1.82, 2.24) is 9.97 Å². The summed E-state index contributed by atoms with van der Waals surface area (Å²) in [7, 11) is 4.64. The molecule has 1 saturated carbocycles. The summed E-state index contributed by atoms with van der Waals surface area (Å²) in [5.41, 5.74) is 2.10. The van der Waals surface area contributed by atoms with Gasteiger partial charge in [-0.3, -0.25) is 4.79 Å². The van der Waals surface area contributed by atoms with Gasteiger partial charge in [0.2, 0.25) is 5.91 Å². The summed E-state index contributed by atoms with van der Waals surface area (Å²) in [5, 5.41) is 3.20. The maximum absolute atomic E-state index is 13.0. The van der Waals surface area contributed by atoms with E-state index in [1.54, 1.807) is 24.2 Å². The lowest BCUT2D eigenvalue weighted by Gasteiger charge is -2.44. The van der Waals surface area contributed by atoms with Crippen molar-refractivity contribution in [2.24, 2.45) is 0 Å². The first-order chi connectivity index (χ1) is 15.5. The summed E-state index contributed by atoms with van der Waals surface area (Å²) in [5.74, 6) is 1.04. The number of ether oxygens (including phenoxy) is 2. The van der Waals surface area contributed by atoms with Crippen molar-refractivity contribution < 1.29 is 19.1 Å². The number of likely N-dealkylation sites (N-methyl/N-ethyl adjacent to an activating group) is 1. The van der Waals surface area contributed by atoms with Crippen LogP contribution in [0.25, 0.3) is 0 Å². The van der Waals surface area contributed by atoms with Crippen LogP contribution in [0.2, 0.25) is 0 Å². The van der Waals surface area contributed by atoms with Gasteiger partial charge in [0, 0.05) is 31.4 Å². The number of carbonyl (C=O) groups excluding carboxylic acids is 2. The summed E-state index contributed by atoms with van der Waals surface area (Å²) in [6, 6.07) is 3.70. The average molecular weight is 440 g/mol. The molecule has 1 N–H and O–H groups in total. The van der Waals surface area contributed by atoms with Gasteiger partial charge < -0.3 is 24.6 Å². The molecule has 0 unspecified atom stereocenters. The molecule has 1 amide bonds. The van der Waals surface area contributed by atoms with E-state index < -0.39 is 5.97 Å². The number of amides is 1. The van der Waals surface area contributed by atoms with E-state index in [9.17, 15) is 9.59 Å². The van der Waals surface area contributed by atoms with Gasteiger partial charge in [0.05, 0.1) is 37.4 Å². The number of hydrogen-bond acceptors (Lipinski definition) is 8. The molecule has 32 heavy (non-hydrogen) atoms. The highest BCUT2D eigenvalue weighted by Gasteiger charge is 2.40. The predicted molar refractivity (Wildman–Crippen MR) is 122 cm³/mol. The van der Waals surface area contributed by atoms with Crippen molar-refractivity contribution in [1.29, 1.82) is 0 Å². The van der Waals surface area contributed by atoms with Gasteiger partial charge in [-0.05, 0) is 19.3 Å². The predicted octanol–water partition coefficient (Wildman–Crippen LogP) is 3.52. The zero-order valence-electron chi connectivity index (χ0n) is 18.9. The smallest absolute Gasteiger partial charge is 0.339 e. The van der Waals surface area contributed by atoms with E-state index in [4.69, 9.17) is 9.47 Å². The molecule has 0 spiro atoms. The van der Waals surface area contributed by atoms with Gasteiger partial charge in [0.1, 0.15) is 11.9 Å². The summed E-state index contributed by atoms with van der Waals surface area (Å²) in [6.07, 6.45) is 8.43. The molecule has 3 heterocycles. The van der Waals surface area contributed by atoms with Crippen LogP contribution >= 0.6 is 0 Å². The Kier molecular flexibility index (Phi) is 6.16. The Hall–Kier alpha value is -3.36. The number of nitrogens with zero attached hydrogens (tertiary/aromatic N) is 4. The van der Waals surface area contributed by atoms with Crippen molar-refractivity contribution in [2.75, 3.05) is 36.4 Å². The van der Waals surface area contributed by atoms with Crippen LogP contribution in [0.5, 0.6) is 5.75 Å². The van der Waals surface area contributed by atoms with E-state index in [2.05, 4.69) is 27.1 Å². The molecule has 1 atom stereocenters. The van der Waals surface area contributed by atoms with Crippen molar-refractivity contribution >= 4 is 34.9 Å². The first kappa shape index (κ1) is 21.9. The molecule has 170 valence electrons. The molecule has 2 aromatic heterocycles. The molecular weight excluding hydrogens is 410 g/mol. The quantitative estimate of drug-likeness (QED) is 0.683. The lowest BCUT2D eigenvalue weighted by molar-refractivity contribution is -0.120. The Bertz CT molecular complexity index is 1020. The third-order valence-electron chi connectivity index (χ3n) is 6.30. The Morgan fingerprint density at radius 2 is 1.91 bits per heavy atom. The number of carbonyl (C=O) groups is 2. The first-order valence-corrected chi connectivity index (χ1v) is 10.9. The van der Waals surface area contributed by atoms with E-state index in [-0.39, 0.29) is 11.9 Å². The summed E-state index contributed by atoms with van der Waals surface area (Å²) in [4.78, 5) is 37.7. The highest BCUT2D eigenvalue weighted by molar-refractivity contribution is 6.05. The minimum atomic E-state index is -0.486. The second-order valence-corrected chi connectivity index (χ2v) is 8.12. The van der Waals surface area contributed by atoms with Crippen LogP contribution in [0.4, 0.5) is 23.0 Å². The van der Waals surface area contributed by atoms with Crippen molar-refractivity contribution in [2.45, 2.75) is 51.1 Å². The van der Waals surface area contributed by atoms with Crippen molar-refractivity contribution in [3.63, 3.8) is 0 Å². The van der Waals surface area contributed by atoms with Gasteiger partial charge >= 0.3 is 5.97 Å². The van der Waals surface area contributed by atoms with Crippen LogP contribution in [0.1, 0.15) is 49.4 Å². The third kappa shape index (κ3) is 3.83. The summed E-state index contributed by atoms with van der Waals surface area (Å²) >= 11 is 0. The first-order valence-electron chi connectivity index (χ1n) is 10.9. The highest BCUT2D eigenvalue weighted by atomic mass is 16.5. The van der Waals surface area contributed by atoms with Crippen molar-refractivity contribution in [3.8, 4) is 5.75 Å². The molecule has 2 aromatic rings. The van der Waals surface area contributed by atoms with E-state index in [0.29, 0.717) is 29.0 Å². The standard InChI is InChI=1S/C23H29N5O4/c1-5-16-22(29)27(2)18-13-24-20(11-17(18)28(16)15-8-6-7-9-15)26-21-19(31-3)10-14(12-25-21)23(30)32-4/h10-13,15-16H,5-9H2,1-4H3,(H,24,25,26)/t16-/m1/s1. The van der Waals surface area contributed by atoms with Gasteiger partial charge in [-0.2, -0.15) is 0 Å². The number of aromatic nitrogens is 2. The summed E-state index contributed by atoms with van der Waals surface area (Å²) < 4.78 is 10.2. The minimum absolute atomic E-state index is 0.108. The fourth-order valence-electron chi connectivity index (χ4n) is 4.65. The number of pyridine rings is 2. The zero-order chi connectivity index (χ0) is 22.8. The molecule has 4 rings (SSSR count). The van der Waals surface area contributed by atoms with Gasteiger partial charge in [-0.15, -0.1) is 0 Å². The van der Waals surface area contributed by atoms with Gasteiger partial charge in [-0.1, -0.05) is 19.8 Å². The molecule has 1 aliphatic heterocycles. The topological polar surface area (TPSA) is 96.9 Å². The lowest BCUT2D eigenvalue weighted by Crippen LogP contribution is -2.55. The minimum Gasteiger partial charge on any atom is -0.493 e. The molecular formula is C23H29N5O4. The van der Waals surface area contributed by atoms with Crippen LogP contribution in [0.3, 0.4) is 0 Å². The van der Waals surface area contributed by atoms with Gasteiger partial charge in [-0.25, -0.2) is 14.8 Å². The number of anilines is 4. The van der Waals surface area contributed by atoms with Crippen molar-refractivity contribution in [3.05, 3.63) is 30.1 Å². The molecule has 9 nitrogen and oxygen atoms in total. The van der Waals surface area contributed by atoms with E-state index >= 15 is 0 Å². The Morgan fingerprint density at radius 1 is 1.16 bits per heavy atom. The number of nitrogens with one attached hydrogen (secondary N) is 1. The van der Waals surface area contributed by atoms with Crippen LogP contribution in [-0.4, -0.2) is 55.2 Å². The molecule has 0 radical (unpaired) electrons. The monoisotopic (exact) mass is 439 g/mol. The van der Waals surface area contributed by atoms with Crippen LogP contribution in [-0.2, 0) is 9.53 Å². The van der Waals surface area contributed by atoms with E-state index in [0.717, 1.165) is 30.6 Å². The maximum Gasteiger partial charge on any atom is 0.339 e. The second-order valence-electron chi connectivity index (χ2n) is 8.12. The Balaban J connectivity index is 1.70. The summed E-state index contributed by atoms with van der Waals surface area (Å²) in [6.45, 7) is 2.06. The number of fused-ring (bicyclic) bond motifs is 1. The highest BCUT2D eigenvalue weighted by Crippen LogP contribution is 2.42. The molecule has 2 aliphatic rings. The molecule has 0 saturated heterocycles. The molecule has 0 aromatic carbocycles. The lowest BCUT2D eigenvalue weighted by atomic mass is 10.0. The second kappa shape index (κ2) is 9.02. The molecule has 1 fully saturated rings. The fourth-order valence-corrected chi connectivity index (χ4v) is 4.65. The van der Waals surface area contributed by atoms with Gasteiger partial charge in [0.15, 0.2) is 11.6 Å². The molecule has 9 heteroatoms. The molecule has 0 bridgehead atoms. The fraction of sp³-hybridized carbons (Fsp3) is 0.478. The van der Waals surface area contributed by atoms with E-state index in [1.165, 1.54) is 33.3 Å². The number of hydrogen-bond donors (Lipinski definition) is 1. The number of esters is 1. The molecule has 1 aliphatic carbocycles. The maximum atomic E-state index is 13.0. The van der Waals surface area contributed by atoms with E-state index in [1.807, 2.05) is 6.07 Å². The van der Waals surface area contributed by atoms with Crippen LogP contribution in [0, 0.1) is 0 Å². The Morgan fingerprint density at radius 3 is 2.56 bits per heavy atom. The SMILES string of the molecule is CC[C@@H]1C(=O)N(C)c2cnc(Nc3ncc(C(=O)OC)cc3OC)cc2N1C1CCCC1. The largest absolute Gasteiger partial charge is 0.493 e. The average Bonchev–Trinajstić information content (AvgIpc) is 3.35.